The molecular formula is C11H18N4O3S. The molecule has 0 bridgehead atoms. The van der Waals surface area contributed by atoms with E-state index in [0.29, 0.717) is 19.4 Å². The highest BCUT2D eigenvalue weighted by atomic mass is 32.2. The molecule has 2 heterocycles. The lowest BCUT2D eigenvalue weighted by atomic mass is 10.1. The van der Waals surface area contributed by atoms with Gasteiger partial charge in [0.15, 0.2) is 0 Å². The Morgan fingerprint density at radius 2 is 2.11 bits per heavy atom. The summed E-state index contributed by atoms with van der Waals surface area (Å²) in [5.41, 5.74) is 5.36. The van der Waals surface area contributed by atoms with Crippen molar-refractivity contribution in [3.8, 4) is 0 Å². The smallest absolute Gasteiger partial charge is 0.246 e. The maximum Gasteiger partial charge on any atom is 0.246 e. The van der Waals surface area contributed by atoms with E-state index in [0.717, 1.165) is 12.8 Å². The summed E-state index contributed by atoms with van der Waals surface area (Å²) in [4.78, 5) is 7.52. The zero-order valence-corrected chi connectivity index (χ0v) is 11.4. The average molecular weight is 286 g/mol. The first-order chi connectivity index (χ1) is 9.05. The molecular weight excluding hydrogens is 268 g/mol. The molecule has 2 rings (SSSR count). The lowest BCUT2D eigenvalue weighted by molar-refractivity contribution is 0.264. The van der Waals surface area contributed by atoms with Crippen molar-refractivity contribution in [2.24, 2.45) is 0 Å². The highest BCUT2D eigenvalue weighted by Crippen LogP contribution is 2.27. The summed E-state index contributed by atoms with van der Waals surface area (Å²) in [6, 6.07) is -0.0466. The molecule has 3 N–H and O–H groups in total. The fourth-order valence-electron chi connectivity index (χ4n) is 2.34. The lowest BCUT2D eigenvalue weighted by Crippen LogP contribution is -2.35. The van der Waals surface area contributed by atoms with Crippen LogP contribution in [0.3, 0.4) is 0 Å². The molecule has 19 heavy (non-hydrogen) atoms. The molecule has 1 fully saturated rings. The van der Waals surface area contributed by atoms with E-state index in [1.54, 1.807) is 0 Å². The van der Waals surface area contributed by atoms with Crippen molar-refractivity contribution in [2.75, 3.05) is 18.9 Å². The van der Waals surface area contributed by atoms with Gasteiger partial charge in [0.1, 0.15) is 4.90 Å². The number of hydrogen-bond donors (Lipinski definition) is 2. The third-order valence-corrected chi connectivity index (χ3v) is 5.18. The Kier molecular flexibility index (Phi) is 4.33. The Morgan fingerprint density at radius 1 is 1.42 bits per heavy atom. The van der Waals surface area contributed by atoms with Crippen LogP contribution in [-0.2, 0) is 10.0 Å². The fourth-order valence-corrected chi connectivity index (χ4v) is 3.95. The van der Waals surface area contributed by atoms with Crippen molar-refractivity contribution in [1.29, 1.82) is 0 Å². The normalized spacial score (nSPS) is 20.8. The molecule has 0 spiro atoms. The average Bonchev–Trinajstić information content (AvgIpc) is 2.86. The van der Waals surface area contributed by atoms with E-state index in [4.69, 9.17) is 10.8 Å². The van der Waals surface area contributed by atoms with Crippen LogP contribution in [0.5, 0.6) is 0 Å². The van der Waals surface area contributed by atoms with Gasteiger partial charge in [-0.15, -0.1) is 0 Å². The molecule has 1 atom stereocenters. The van der Waals surface area contributed by atoms with Crippen LogP contribution in [0.25, 0.3) is 0 Å². The predicted molar refractivity (Wildman–Crippen MR) is 69.7 cm³/mol. The molecule has 0 saturated carbocycles. The molecule has 0 radical (unpaired) electrons. The van der Waals surface area contributed by atoms with Gasteiger partial charge in [0.2, 0.25) is 16.0 Å². The molecule has 0 aliphatic carbocycles. The molecule has 1 aliphatic rings. The molecule has 8 heteroatoms. The zero-order valence-electron chi connectivity index (χ0n) is 10.6. The highest BCUT2D eigenvalue weighted by molar-refractivity contribution is 7.89. The minimum Gasteiger partial charge on any atom is -0.396 e. The Hall–Kier alpha value is -1.25. The number of sulfonamides is 1. The van der Waals surface area contributed by atoms with E-state index < -0.39 is 10.0 Å². The zero-order chi connectivity index (χ0) is 13.9. The number of rotatable bonds is 5. The second-order valence-electron chi connectivity index (χ2n) is 4.55. The number of nitrogen functional groups attached to an aromatic ring is 1. The third kappa shape index (κ3) is 3.02. The second-order valence-corrected chi connectivity index (χ2v) is 6.45. The van der Waals surface area contributed by atoms with Crippen molar-refractivity contribution in [1.82, 2.24) is 14.3 Å². The molecule has 1 saturated heterocycles. The molecule has 7 nitrogen and oxygen atoms in total. The summed E-state index contributed by atoms with van der Waals surface area (Å²) in [6.07, 6.45) is 5.42. The number of aromatic nitrogens is 2. The number of hydrogen-bond acceptors (Lipinski definition) is 6. The summed E-state index contributed by atoms with van der Waals surface area (Å²) in [7, 11) is -3.56. The minimum absolute atomic E-state index is 0.0466. The Bertz CT molecular complexity index is 517. The summed E-state index contributed by atoms with van der Waals surface area (Å²) in [6.45, 7) is 0.582. The minimum atomic E-state index is -3.56. The van der Waals surface area contributed by atoms with E-state index in [-0.39, 0.29) is 23.5 Å². The Labute approximate surface area is 112 Å². The van der Waals surface area contributed by atoms with Crippen molar-refractivity contribution in [2.45, 2.75) is 36.6 Å². The maximum absolute atomic E-state index is 12.5. The van der Waals surface area contributed by atoms with Crippen molar-refractivity contribution >= 4 is 16.0 Å². The van der Waals surface area contributed by atoms with Gasteiger partial charge < -0.3 is 10.8 Å². The van der Waals surface area contributed by atoms with E-state index >= 15 is 0 Å². The topological polar surface area (TPSA) is 109 Å². The molecule has 1 aromatic heterocycles. The number of aliphatic hydroxyl groups is 1. The summed E-state index contributed by atoms with van der Waals surface area (Å²) in [5, 5.41) is 8.86. The summed E-state index contributed by atoms with van der Waals surface area (Å²) >= 11 is 0. The first-order valence-corrected chi connectivity index (χ1v) is 7.70. The Morgan fingerprint density at radius 3 is 2.74 bits per heavy atom. The molecule has 0 amide bonds. The first kappa shape index (κ1) is 14.2. The molecule has 0 aromatic carbocycles. The monoisotopic (exact) mass is 286 g/mol. The van der Waals surface area contributed by atoms with Gasteiger partial charge in [-0.3, -0.25) is 0 Å². The third-order valence-electron chi connectivity index (χ3n) is 3.27. The molecule has 1 aliphatic heterocycles. The van der Waals surface area contributed by atoms with Gasteiger partial charge >= 0.3 is 0 Å². The maximum atomic E-state index is 12.5. The van der Waals surface area contributed by atoms with Gasteiger partial charge in [0.05, 0.1) is 12.4 Å². The number of aliphatic hydroxyl groups excluding tert-OH is 1. The number of anilines is 1. The van der Waals surface area contributed by atoms with E-state index in [2.05, 4.69) is 9.97 Å². The van der Waals surface area contributed by atoms with Crippen LogP contribution in [0.4, 0.5) is 5.95 Å². The van der Waals surface area contributed by atoms with Gasteiger partial charge in [0.25, 0.3) is 0 Å². The highest BCUT2D eigenvalue weighted by Gasteiger charge is 2.35. The van der Waals surface area contributed by atoms with Gasteiger partial charge in [0, 0.05) is 19.2 Å². The number of nitrogens with zero attached hydrogens (tertiary/aromatic N) is 3. The van der Waals surface area contributed by atoms with Gasteiger partial charge in [-0.25, -0.2) is 18.4 Å². The Balaban J connectivity index is 2.21. The fraction of sp³-hybridized carbons (Fsp3) is 0.636. The van der Waals surface area contributed by atoms with Crippen LogP contribution in [0.1, 0.15) is 25.7 Å². The molecule has 1 aromatic rings. The standard InChI is InChI=1S/C11H18N4O3S/c12-11-13-7-10(8-14-11)19(17,18)15-5-1-3-9(15)4-2-6-16/h7-9,16H,1-6H2,(H2,12,13,14). The summed E-state index contributed by atoms with van der Waals surface area (Å²) < 4.78 is 26.4. The predicted octanol–water partition coefficient (Wildman–Crippen LogP) is -0.0156. The van der Waals surface area contributed by atoms with Crippen LogP contribution in [0.2, 0.25) is 0 Å². The summed E-state index contributed by atoms with van der Waals surface area (Å²) in [5.74, 6) is 0.0530. The largest absolute Gasteiger partial charge is 0.396 e. The first-order valence-electron chi connectivity index (χ1n) is 6.26. The SMILES string of the molecule is Nc1ncc(S(=O)(=O)N2CCCC2CCCO)cn1. The van der Waals surface area contributed by atoms with Gasteiger partial charge in [-0.1, -0.05) is 0 Å². The quantitative estimate of drug-likeness (QED) is 0.787. The molecule has 1 unspecified atom stereocenters. The van der Waals surface area contributed by atoms with Crippen molar-refractivity contribution in [3.05, 3.63) is 12.4 Å². The van der Waals surface area contributed by atoms with Crippen molar-refractivity contribution < 1.29 is 13.5 Å². The lowest BCUT2D eigenvalue weighted by Gasteiger charge is -2.23. The van der Waals surface area contributed by atoms with E-state index in [1.165, 1.54) is 16.7 Å². The van der Waals surface area contributed by atoms with Crippen LogP contribution in [0.15, 0.2) is 17.3 Å². The van der Waals surface area contributed by atoms with Crippen LogP contribution < -0.4 is 5.73 Å². The van der Waals surface area contributed by atoms with E-state index in [9.17, 15) is 8.42 Å². The van der Waals surface area contributed by atoms with Gasteiger partial charge in [-0.05, 0) is 25.7 Å². The van der Waals surface area contributed by atoms with Crippen LogP contribution in [-0.4, -0.2) is 47.0 Å². The second kappa shape index (κ2) is 5.81. The van der Waals surface area contributed by atoms with Crippen molar-refractivity contribution in [3.63, 3.8) is 0 Å². The van der Waals surface area contributed by atoms with Crippen LogP contribution >= 0.6 is 0 Å². The molecule has 106 valence electrons. The van der Waals surface area contributed by atoms with Crippen LogP contribution in [0, 0.1) is 0 Å². The van der Waals surface area contributed by atoms with E-state index in [1.807, 2.05) is 0 Å². The number of nitrogens with two attached hydrogens (primary N) is 1. The van der Waals surface area contributed by atoms with Gasteiger partial charge in [-0.2, -0.15) is 4.31 Å².